The number of hydrogen-bond donors (Lipinski definition) is 2. The van der Waals surface area contributed by atoms with Gasteiger partial charge in [0, 0.05) is 19.2 Å². The fourth-order valence-electron chi connectivity index (χ4n) is 1.44. The lowest BCUT2D eigenvalue weighted by Crippen LogP contribution is -2.27. The van der Waals surface area contributed by atoms with Crippen LogP contribution in [0.2, 0.25) is 0 Å². The van der Waals surface area contributed by atoms with Crippen LogP contribution in [-0.2, 0) is 10.0 Å². The lowest BCUT2D eigenvalue weighted by molar-refractivity contribution is 0.0802. The molecule has 1 aromatic carbocycles. The molecule has 0 spiro atoms. The van der Waals surface area contributed by atoms with E-state index in [4.69, 9.17) is 5.21 Å². The molecule has 0 saturated carbocycles. The number of rotatable bonds is 4. The van der Waals surface area contributed by atoms with E-state index in [1.165, 1.54) is 21.9 Å². The summed E-state index contributed by atoms with van der Waals surface area (Å²) in [5, 5.41) is 8.62. The number of nitrogens with zero attached hydrogens (tertiary/aromatic N) is 1. The molecule has 0 aliphatic rings. The molecule has 0 unspecified atom stereocenters. The Morgan fingerprint density at radius 1 is 1.44 bits per heavy atom. The molecule has 0 heterocycles. The molecule has 18 heavy (non-hydrogen) atoms. The molecular weight excluding hydrogens is 256 g/mol. The molecule has 0 fully saturated rings. The van der Waals surface area contributed by atoms with Crippen molar-refractivity contribution in [2.45, 2.75) is 18.7 Å². The Hall–Kier alpha value is -1.44. The molecule has 0 aliphatic carbocycles. The Bertz CT molecular complexity index is 554. The van der Waals surface area contributed by atoms with Gasteiger partial charge in [-0.05, 0) is 31.5 Å². The molecular formula is C11H16N2O4S. The van der Waals surface area contributed by atoms with Gasteiger partial charge in [0.15, 0.2) is 0 Å². The summed E-state index contributed by atoms with van der Waals surface area (Å²) in [4.78, 5) is 14.5. The lowest BCUT2D eigenvalue weighted by Gasteiger charge is -2.15. The summed E-state index contributed by atoms with van der Waals surface area (Å²) in [7, 11) is -2.36. The molecule has 0 saturated heterocycles. The van der Waals surface area contributed by atoms with Crippen molar-refractivity contribution < 1.29 is 18.4 Å². The first kappa shape index (κ1) is 14.6. The van der Waals surface area contributed by atoms with Crippen molar-refractivity contribution >= 4 is 15.9 Å². The fraction of sp³-hybridized carbons (Fsp3) is 0.364. The Balaban J connectivity index is 3.29. The molecule has 0 aliphatic heterocycles. The minimum Gasteiger partial charge on any atom is -0.342 e. The second-order valence-corrected chi connectivity index (χ2v) is 5.52. The van der Waals surface area contributed by atoms with Gasteiger partial charge >= 0.3 is 0 Å². The van der Waals surface area contributed by atoms with Crippen molar-refractivity contribution in [3.8, 4) is 0 Å². The second kappa shape index (κ2) is 5.47. The molecule has 100 valence electrons. The van der Waals surface area contributed by atoms with Crippen LogP contribution < -0.4 is 4.89 Å². The summed E-state index contributed by atoms with van der Waals surface area (Å²) in [5.74, 6) is -0.271. The van der Waals surface area contributed by atoms with Gasteiger partial charge in [0.2, 0.25) is 0 Å². The van der Waals surface area contributed by atoms with E-state index >= 15 is 0 Å². The first-order valence-corrected chi connectivity index (χ1v) is 6.83. The summed E-state index contributed by atoms with van der Waals surface area (Å²) in [5.41, 5.74) is 0.714. The number of amides is 1. The zero-order valence-electron chi connectivity index (χ0n) is 10.5. The van der Waals surface area contributed by atoms with Gasteiger partial charge in [-0.25, -0.2) is 8.42 Å². The van der Waals surface area contributed by atoms with Crippen LogP contribution in [0.4, 0.5) is 0 Å². The summed E-state index contributed by atoms with van der Waals surface area (Å²) >= 11 is 0. The van der Waals surface area contributed by atoms with Crippen LogP contribution in [0.5, 0.6) is 0 Å². The summed E-state index contributed by atoms with van der Waals surface area (Å²) in [6, 6.07) is 4.34. The Morgan fingerprint density at radius 2 is 2.06 bits per heavy atom. The average Bonchev–Trinajstić information content (AvgIpc) is 2.37. The van der Waals surface area contributed by atoms with E-state index in [1.807, 2.05) is 6.92 Å². The van der Waals surface area contributed by atoms with E-state index in [-0.39, 0.29) is 16.4 Å². The van der Waals surface area contributed by atoms with Crippen molar-refractivity contribution in [1.29, 1.82) is 0 Å². The highest BCUT2D eigenvalue weighted by atomic mass is 32.2. The van der Waals surface area contributed by atoms with Crippen LogP contribution in [-0.4, -0.2) is 38.0 Å². The second-order valence-electron chi connectivity index (χ2n) is 3.89. The van der Waals surface area contributed by atoms with E-state index in [2.05, 4.69) is 0 Å². The normalized spacial score (nSPS) is 11.3. The van der Waals surface area contributed by atoms with Crippen molar-refractivity contribution in [3.63, 3.8) is 0 Å². The number of benzene rings is 1. The third-order valence-electron chi connectivity index (χ3n) is 2.67. The quantitative estimate of drug-likeness (QED) is 0.792. The number of aryl methyl sites for hydroxylation is 1. The number of carbonyl (C=O) groups excluding carboxylic acids is 1. The molecule has 0 radical (unpaired) electrons. The van der Waals surface area contributed by atoms with Gasteiger partial charge in [0.25, 0.3) is 15.9 Å². The van der Waals surface area contributed by atoms with Crippen molar-refractivity contribution in [3.05, 3.63) is 29.3 Å². The van der Waals surface area contributed by atoms with E-state index in [0.29, 0.717) is 12.1 Å². The van der Waals surface area contributed by atoms with Gasteiger partial charge in [-0.15, -0.1) is 0 Å². The van der Waals surface area contributed by atoms with Gasteiger partial charge < -0.3 is 10.1 Å². The smallest absolute Gasteiger partial charge is 0.262 e. The molecule has 6 nitrogen and oxygen atoms in total. The van der Waals surface area contributed by atoms with E-state index in [9.17, 15) is 13.2 Å². The molecule has 1 rings (SSSR count). The summed E-state index contributed by atoms with van der Waals surface area (Å²) in [6.07, 6.45) is 0. The van der Waals surface area contributed by atoms with Crippen LogP contribution >= 0.6 is 0 Å². The molecule has 1 amide bonds. The highest BCUT2D eigenvalue weighted by molar-refractivity contribution is 7.89. The van der Waals surface area contributed by atoms with Crippen LogP contribution in [0.3, 0.4) is 0 Å². The van der Waals surface area contributed by atoms with Crippen molar-refractivity contribution in [2.75, 3.05) is 13.6 Å². The highest BCUT2D eigenvalue weighted by Gasteiger charge is 2.19. The number of hydrogen-bond acceptors (Lipinski definition) is 4. The van der Waals surface area contributed by atoms with Crippen molar-refractivity contribution in [2.24, 2.45) is 0 Å². The standard InChI is InChI=1S/C11H16N2O4S/c1-4-13(3)11(14)9-6-5-8(2)10(7-9)18(16,17)12-15/h5-7,12,15H,4H2,1-3H3. The van der Waals surface area contributed by atoms with Crippen LogP contribution in [0, 0.1) is 6.92 Å². The first-order chi connectivity index (χ1) is 8.33. The Kier molecular flexibility index (Phi) is 4.44. The van der Waals surface area contributed by atoms with Gasteiger partial charge in [-0.2, -0.15) is 0 Å². The van der Waals surface area contributed by atoms with E-state index < -0.39 is 10.0 Å². The van der Waals surface area contributed by atoms with Gasteiger partial charge in [-0.3, -0.25) is 4.79 Å². The topological polar surface area (TPSA) is 86.7 Å². The number of nitrogens with one attached hydrogen (secondary N) is 1. The molecule has 0 aromatic heterocycles. The highest BCUT2D eigenvalue weighted by Crippen LogP contribution is 2.17. The largest absolute Gasteiger partial charge is 0.342 e. The predicted molar refractivity (Wildman–Crippen MR) is 65.9 cm³/mol. The molecule has 1 aromatic rings. The minimum atomic E-state index is -3.98. The third-order valence-corrected chi connectivity index (χ3v) is 3.93. The summed E-state index contributed by atoms with van der Waals surface area (Å²) < 4.78 is 23.1. The van der Waals surface area contributed by atoms with Gasteiger partial charge in [0.1, 0.15) is 0 Å². The third kappa shape index (κ3) is 2.87. The van der Waals surface area contributed by atoms with Crippen molar-refractivity contribution in [1.82, 2.24) is 9.79 Å². The SMILES string of the molecule is CCN(C)C(=O)c1ccc(C)c(S(=O)(=O)NO)c1. The number of carbonyl (C=O) groups is 1. The van der Waals surface area contributed by atoms with E-state index in [0.717, 1.165) is 0 Å². The van der Waals surface area contributed by atoms with Crippen LogP contribution in [0.1, 0.15) is 22.8 Å². The molecule has 2 N–H and O–H groups in total. The maximum absolute atomic E-state index is 11.9. The fourth-order valence-corrected chi connectivity index (χ4v) is 2.31. The Morgan fingerprint density at radius 3 is 2.56 bits per heavy atom. The average molecular weight is 272 g/mol. The molecule has 7 heteroatoms. The predicted octanol–water partition coefficient (Wildman–Crippen LogP) is 0.754. The summed E-state index contributed by atoms with van der Waals surface area (Å²) in [6.45, 7) is 3.92. The zero-order valence-corrected chi connectivity index (χ0v) is 11.3. The monoisotopic (exact) mass is 272 g/mol. The molecule has 0 atom stereocenters. The number of sulfonamides is 1. The van der Waals surface area contributed by atoms with Crippen LogP contribution in [0.15, 0.2) is 23.1 Å². The zero-order chi connectivity index (χ0) is 13.9. The maximum Gasteiger partial charge on any atom is 0.262 e. The van der Waals surface area contributed by atoms with Crippen LogP contribution in [0.25, 0.3) is 0 Å². The lowest BCUT2D eigenvalue weighted by atomic mass is 10.1. The molecule has 0 bridgehead atoms. The van der Waals surface area contributed by atoms with Gasteiger partial charge in [-0.1, -0.05) is 11.0 Å². The Labute approximate surface area is 106 Å². The van der Waals surface area contributed by atoms with Gasteiger partial charge in [0.05, 0.1) is 4.90 Å². The maximum atomic E-state index is 11.9. The van der Waals surface area contributed by atoms with E-state index in [1.54, 1.807) is 20.0 Å². The minimum absolute atomic E-state index is 0.111. The first-order valence-electron chi connectivity index (χ1n) is 5.35.